The number of benzene rings is 1. The maximum atomic E-state index is 11.9. The molecule has 1 aromatic carbocycles. The van der Waals surface area contributed by atoms with E-state index in [1.807, 2.05) is 31.2 Å². The molecule has 0 aliphatic carbocycles. The maximum Gasteiger partial charge on any atom is 0.335 e. The van der Waals surface area contributed by atoms with Crippen molar-refractivity contribution in [1.82, 2.24) is 9.78 Å². The quantitative estimate of drug-likeness (QED) is 0.236. The molecule has 1 heterocycles. The fourth-order valence-corrected chi connectivity index (χ4v) is 3.37. The normalized spacial score (nSPS) is 13.2. The van der Waals surface area contributed by atoms with E-state index in [1.165, 1.54) is 7.11 Å². The summed E-state index contributed by atoms with van der Waals surface area (Å²) in [6.45, 7) is 11.9. The number of nitrogens with zero attached hydrogens (tertiary/aromatic N) is 3. The van der Waals surface area contributed by atoms with Gasteiger partial charge in [0.25, 0.3) is 0 Å². The van der Waals surface area contributed by atoms with Crippen LogP contribution in [-0.2, 0) is 31.0 Å². The van der Waals surface area contributed by atoms with E-state index in [4.69, 9.17) is 25.8 Å². The fourth-order valence-electron chi connectivity index (χ4n) is 3.15. The molecule has 172 valence electrons. The van der Waals surface area contributed by atoms with Gasteiger partial charge in [-0.25, -0.2) is 4.79 Å². The van der Waals surface area contributed by atoms with Gasteiger partial charge in [-0.3, -0.25) is 4.68 Å². The van der Waals surface area contributed by atoms with Gasteiger partial charge in [0, 0.05) is 20.6 Å². The third-order valence-electron chi connectivity index (χ3n) is 4.79. The van der Waals surface area contributed by atoms with E-state index in [0.29, 0.717) is 28.5 Å². The first-order chi connectivity index (χ1) is 15.0. The summed E-state index contributed by atoms with van der Waals surface area (Å²) in [6.07, 6.45) is -0.985. The molecule has 0 N–H and O–H groups in total. The lowest BCUT2D eigenvalue weighted by Crippen LogP contribution is -2.21. The number of ether oxygens (including phenoxy) is 3. The van der Waals surface area contributed by atoms with Crippen LogP contribution < -0.4 is 0 Å². The summed E-state index contributed by atoms with van der Waals surface area (Å²) in [4.78, 5) is 11.9. The predicted octanol–water partition coefficient (Wildman–Crippen LogP) is 5.11. The van der Waals surface area contributed by atoms with Crippen molar-refractivity contribution in [2.75, 3.05) is 13.7 Å². The first-order valence-corrected chi connectivity index (χ1v) is 10.7. The van der Waals surface area contributed by atoms with Crippen LogP contribution in [0.3, 0.4) is 0 Å². The number of halogens is 1. The number of aryl methyl sites for hydroxylation is 2. The molecule has 0 aliphatic rings. The lowest BCUT2D eigenvalue weighted by Gasteiger charge is -2.21. The molecular formula is C24H30ClN3O4. The second-order valence-electron chi connectivity index (χ2n) is 8.32. The van der Waals surface area contributed by atoms with Gasteiger partial charge in [0.15, 0.2) is 5.76 Å². The number of allylic oxidation sites excluding steroid dienone is 1. The van der Waals surface area contributed by atoms with Crippen molar-refractivity contribution in [1.29, 1.82) is 5.26 Å². The molecule has 0 spiro atoms. The highest BCUT2D eigenvalue weighted by molar-refractivity contribution is 6.33. The lowest BCUT2D eigenvalue weighted by atomic mass is 9.86. The number of aromatic nitrogens is 2. The number of hydrogen-bond donors (Lipinski definition) is 0. The van der Waals surface area contributed by atoms with Crippen molar-refractivity contribution >= 4 is 28.9 Å². The van der Waals surface area contributed by atoms with Crippen LogP contribution in [0.1, 0.15) is 57.1 Å². The second-order valence-corrected chi connectivity index (χ2v) is 8.69. The molecular weight excluding hydrogens is 430 g/mol. The summed E-state index contributed by atoms with van der Waals surface area (Å²) in [7, 11) is 1.40. The Hall–Kier alpha value is -2.82. The van der Waals surface area contributed by atoms with Crippen LogP contribution in [0.25, 0.3) is 11.3 Å². The largest absolute Gasteiger partial charge is 0.451 e. The van der Waals surface area contributed by atoms with E-state index in [2.05, 4.69) is 31.9 Å². The highest BCUT2D eigenvalue weighted by Gasteiger charge is 2.26. The Morgan fingerprint density at radius 2 is 1.88 bits per heavy atom. The Labute approximate surface area is 194 Å². The molecule has 7 nitrogen and oxygen atoms in total. The lowest BCUT2D eigenvalue weighted by molar-refractivity contribution is -0.168. The summed E-state index contributed by atoms with van der Waals surface area (Å²) in [5.41, 5.74) is 3.09. The highest BCUT2D eigenvalue weighted by atomic mass is 35.5. The summed E-state index contributed by atoms with van der Waals surface area (Å²) >= 11 is 6.57. The standard InChI is InChI=1S/C24H30ClN3O4/c1-8-28-22(21(25)15(2)27-28)23(32-16(3)31-20(29)14-30-7)19(13-26)17-9-11-18(12-10-17)24(4,5)6/h9-12,16H,8,14H2,1-7H3/b23-19-. The number of hydrogen-bond acceptors (Lipinski definition) is 6. The third-order valence-corrected chi connectivity index (χ3v) is 5.24. The Balaban J connectivity index is 2.64. The molecule has 0 bridgehead atoms. The van der Waals surface area contributed by atoms with E-state index in [-0.39, 0.29) is 23.4 Å². The molecule has 1 unspecified atom stereocenters. The van der Waals surface area contributed by atoms with Crippen LogP contribution in [0.4, 0.5) is 0 Å². The molecule has 32 heavy (non-hydrogen) atoms. The van der Waals surface area contributed by atoms with Gasteiger partial charge >= 0.3 is 5.97 Å². The monoisotopic (exact) mass is 459 g/mol. The minimum atomic E-state index is -0.985. The summed E-state index contributed by atoms with van der Waals surface area (Å²) in [5.74, 6) is -0.389. The molecule has 0 saturated heterocycles. The maximum absolute atomic E-state index is 11.9. The van der Waals surface area contributed by atoms with Gasteiger partial charge in [0.05, 0.1) is 10.7 Å². The van der Waals surface area contributed by atoms with Crippen molar-refractivity contribution in [3.05, 3.63) is 51.8 Å². The van der Waals surface area contributed by atoms with Crippen LogP contribution in [0, 0.1) is 18.3 Å². The van der Waals surface area contributed by atoms with Gasteiger partial charge in [-0.2, -0.15) is 10.4 Å². The number of carbonyl (C=O) groups is 1. The van der Waals surface area contributed by atoms with Gasteiger partial charge in [0.1, 0.15) is 23.9 Å². The average Bonchev–Trinajstić information content (AvgIpc) is 3.01. The van der Waals surface area contributed by atoms with Crippen LogP contribution in [0.5, 0.6) is 0 Å². The number of esters is 1. The van der Waals surface area contributed by atoms with E-state index in [9.17, 15) is 10.1 Å². The minimum Gasteiger partial charge on any atom is -0.451 e. The second kappa shape index (κ2) is 10.7. The van der Waals surface area contributed by atoms with Crippen LogP contribution >= 0.6 is 11.6 Å². The molecule has 0 amide bonds. The average molecular weight is 460 g/mol. The Kier molecular flexibility index (Phi) is 8.48. The highest BCUT2D eigenvalue weighted by Crippen LogP contribution is 2.35. The molecule has 0 radical (unpaired) electrons. The van der Waals surface area contributed by atoms with Crippen molar-refractivity contribution < 1.29 is 19.0 Å². The van der Waals surface area contributed by atoms with Gasteiger partial charge in [-0.15, -0.1) is 0 Å². The number of rotatable bonds is 8. The Morgan fingerprint density at radius 1 is 1.25 bits per heavy atom. The summed E-state index contributed by atoms with van der Waals surface area (Å²) in [6, 6.07) is 9.95. The SMILES string of the molecule is CCn1nc(C)c(Cl)c1/C(OC(C)OC(=O)COC)=C(\C#N)c1ccc(C(C)(C)C)cc1. The van der Waals surface area contributed by atoms with Gasteiger partial charge in [0.2, 0.25) is 6.29 Å². The minimum absolute atomic E-state index is 0.0281. The molecule has 0 aliphatic heterocycles. The van der Waals surface area contributed by atoms with Crippen molar-refractivity contribution in [2.45, 2.75) is 59.8 Å². The first kappa shape index (κ1) is 25.4. The molecule has 0 fully saturated rings. The molecule has 1 aromatic heterocycles. The topological polar surface area (TPSA) is 86.4 Å². The molecule has 8 heteroatoms. The van der Waals surface area contributed by atoms with Crippen LogP contribution in [0.2, 0.25) is 5.02 Å². The zero-order valence-corrected chi connectivity index (χ0v) is 20.4. The predicted molar refractivity (Wildman–Crippen MR) is 124 cm³/mol. The summed E-state index contributed by atoms with van der Waals surface area (Å²) in [5, 5.41) is 14.9. The molecule has 1 atom stereocenters. The number of nitriles is 1. The third kappa shape index (κ3) is 5.90. The van der Waals surface area contributed by atoms with Gasteiger partial charge in [-0.05, 0) is 30.4 Å². The smallest absolute Gasteiger partial charge is 0.335 e. The fraction of sp³-hybridized carbons (Fsp3) is 0.458. The number of methoxy groups -OCH3 is 1. The Morgan fingerprint density at radius 3 is 2.38 bits per heavy atom. The molecule has 2 rings (SSSR count). The van der Waals surface area contributed by atoms with Crippen molar-refractivity contribution in [3.63, 3.8) is 0 Å². The van der Waals surface area contributed by atoms with E-state index >= 15 is 0 Å². The first-order valence-electron chi connectivity index (χ1n) is 10.4. The molecule has 2 aromatic rings. The van der Waals surface area contributed by atoms with E-state index in [0.717, 1.165) is 5.56 Å². The van der Waals surface area contributed by atoms with Crippen molar-refractivity contribution in [2.24, 2.45) is 0 Å². The van der Waals surface area contributed by atoms with Crippen LogP contribution in [-0.4, -0.2) is 35.8 Å². The Bertz CT molecular complexity index is 1030. The van der Waals surface area contributed by atoms with Gasteiger partial charge < -0.3 is 14.2 Å². The zero-order valence-electron chi connectivity index (χ0n) is 19.7. The van der Waals surface area contributed by atoms with E-state index in [1.54, 1.807) is 18.5 Å². The molecule has 0 saturated carbocycles. The van der Waals surface area contributed by atoms with Gasteiger partial charge in [-0.1, -0.05) is 56.6 Å². The van der Waals surface area contributed by atoms with E-state index < -0.39 is 12.3 Å². The zero-order chi connectivity index (χ0) is 24.1. The van der Waals surface area contributed by atoms with Crippen LogP contribution in [0.15, 0.2) is 24.3 Å². The summed E-state index contributed by atoms with van der Waals surface area (Å²) < 4.78 is 17.7. The van der Waals surface area contributed by atoms with Crippen molar-refractivity contribution in [3.8, 4) is 6.07 Å². The number of carbonyl (C=O) groups excluding carboxylic acids is 1.